The van der Waals surface area contributed by atoms with Crippen LogP contribution in [0.3, 0.4) is 0 Å². The van der Waals surface area contributed by atoms with Gasteiger partial charge in [-0.05, 0) is 28.1 Å². The van der Waals surface area contributed by atoms with Gasteiger partial charge >= 0.3 is 0 Å². The lowest BCUT2D eigenvalue weighted by Crippen LogP contribution is -2.14. The van der Waals surface area contributed by atoms with Gasteiger partial charge in [-0.2, -0.15) is 5.10 Å². The zero-order valence-electron chi connectivity index (χ0n) is 10.3. The fourth-order valence-corrected chi connectivity index (χ4v) is 2.58. The van der Waals surface area contributed by atoms with E-state index < -0.39 is 0 Å². The van der Waals surface area contributed by atoms with Crippen LogP contribution >= 0.6 is 31.9 Å². The monoisotopic (exact) mass is 386 g/mol. The molecule has 0 bridgehead atoms. The molecule has 0 aliphatic rings. The summed E-state index contributed by atoms with van der Waals surface area (Å²) in [4.78, 5) is 12.5. The highest BCUT2D eigenvalue weighted by atomic mass is 79.9. The van der Waals surface area contributed by atoms with Gasteiger partial charge in [0, 0.05) is 17.1 Å². The first-order chi connectivity index (χ1) is 9.13. The van der Waals surface area contributed by atoms with Gasteiger partial charge in [-0.15, -0.1) is 0 Å². The number of carbonyl (C=O) groups is 1. The van der Waals surface area contributed by atoms with E-state index in [1.54, 1.807) is 30.1 Å². The van der Waals surface area contributed by atoms with Crippen molar-refractivity contribution in [3.8, 4) is 0 Å². The van der Waals surface area contributed by atoms with Crippen LogP contribution in [-0.2, 0) is 11.3 Å². The minimum atomic E-state index is -0.0678. The highest BCUT2D eigenvalue weighted by Gasteiger charge is 2.18. The van der Waals surface area contributed by atoms with Gasteiger partial charge in [-0.1, -0.05) is 28.1 Å². The van der Waals surface area contributed by atoms with E-state index in [4.69, 9.17) is 4.74 Å². The van der Waals surface area contributed by atoms with Gasteiger partial charge in [-0.3, -0.25) is 9.48 Å². The minimum absolute atomic E-state index is 0.0678. The largest absolute Gasteiger partial charge is 0.383 e. The zero-order valence-corrected chi connectivity index (χ0v) is 13.4. The normalized spacial score (nSPS) is 10.7. The number of hydrogen-bond acceptors (Lipinski definition) is 3. The molecule has 0 saturated heterocycles. The van der Waals surface area contributed by atoms with Crippen LogP contribution in [0.4, 0.5) is 0 Å². The second kappa shape index (κ2) is 6.45. The number of ether oxygens (including phenoxy) is 1. The number of rotatable bonds is 5. The fraction of sp³-hybridized carbons (Fsp3) is 0.231. The molecular formula is C13H12Br2N2O2. The number of nitrogens with zero attached hydrogens (tertiary/aromatic N) is 2. The first kappa shape index (κ1) is 14.4. The van der Waals surface area contributed by atoms with Crippen LogP contribution in [0.1, 0.15) is 16.1 Å². The van der Waals surface area contributed by atoms with Crippen LogP contribution < -0.4 is 0 Å². The third-order valence-electron chi connectivity index (χ3n) is 2.60. The summed E-state index contributed by atoms with van der Waals surface area (Å²) in [5.41, 5.74) is 1.16. The maximum Gasteiger partial charge on any atom is 0.212 e. The van der Waals surface area contributed by atoms with E-state index in [0.717, 1.165) is 4.47 Å². The van der Waals surface area contributed by atoms with Crippen molar-refractivity contribution < 1.29 is 9.53 Å². The molecule has 1 aromatic heterocycles. The van der Waals surface area contributed by atoms with E-state index in [0.29, 0.717) is 28.9 Å². The summed E-state index contributed by atoms with van der Waals surface area (Å²) in [5, 5.41) is 4.18. The smallest absolute Gasteiger partial charge is 0.212 e. The number of aromatic nitrogens is 2. The van der Waals surface area contributed by atoms with Crippen molar-refractivity contribution >= 4 is 37.6 Å². The lowest BCUT2D eigenvalue weighted by molar-refractivity contribution is 0.102. The molecule has 0 fully saturated rings. The van der Waals surface area contributed by atoms with Gasteiger partial charge in [0.25, 0.3) is 0 Å². The second-order valence-corrected chi connectivity index (χ2v) is 5.67. The highest BCUT2D eigenvalue weighted by Crippen LogP contribution is 2.21. The van der Waals surface area contributed by atoms with Crippen LogP contribution in [0.15, 0.2) is 39.4 Å². The van der Waals surface area contributed by atoms with E-state index in [1.165, 1.54) is 0 Å². The molecule has 1 aromatic carbocycles. The number of methoxy groups -OCH3 is 1. The van der Waals surface area contributed by atoms with E-state index in [1.807, 2.05) is 12.1 Å². The number of hydrogen-bond donors (Lipinski definition) is 0. The number of ketones is 1. The first-order valence-corrected chi connectivity index (χ1v) is 7.22. The molecule has 100 valence electrons. The van der Waals surface area contributed by atoms with Crippen molar-refractivity contribution in [1.82, 2.24) is 9.78 Å². The Balaban J connectivity index is 2.35. The Morgan fingerprint density at radius 3 is 2.89 bits per heavy atom. The molecule has 19 heavy (non-hydrogen) atoms. The van der Waals surface area contributed by atoms with Crippen LogP contribution in [0.5, 0.6) is 0 Å². The van der Waals surface area contributed by atoms with Gasteiger partial charge in [-0.25, -0.2) is 0 Å². The van der Waals surface area contributed by atoms with E-state index in [9.17, 15) is 4.79 Å². The predicted octanol–water partition coefficient (Wildman–Crippen LogP) is 3.29. The molecular weight excluding hydrogens is 376 g/mol. The molecule has 0 aliphatic heterocycles. The molecule has 0 aliphatic carbocycles. The lowest BCUT2D eigenvalue weighted by atomic mass is 10.1. The summed E-state index contributed by atoms with van der Waals surface area (Å²) in [5.74, 6) is -0.0678. The summed E-state index contributed by atoms with van der Waals surface area (Å²) >= 11 is 6.74. The van der Waals surface area contributed by atoms with E-state index in [-0.39, 0.29) is 5.78 Å². The van der Waals surface area contributed by atoms with Crippen LogP contribution in [0.2, 0.25) is 0 Å². The standard InChI is InChI=1S/C13H12Br2N2O2/c1-19-6-5-17-12(11(15)8-16-17)13(18)9-3-2-4-10(14)7-9/h2-4,7-8H,5-6H2,1H3. The number of carbonyl (C=O) groups excluding carboxylic acids is 1. The number of halogens is 2. The highest BCUT2D eigenvalue weighted by molar-refractivity contribution is 9.10. The fourth-order valence-electron chi connectivity index (χ4n) is 1.70. The van der Waals surface area contributed by atoms with Gasteiger partial charge in [0.05, 0.1) is 23.8 Å². The molecule has 0 amide bonds. The molecule has 1 heterocycles. The topological polar surface area (TPSA) is 44.1 Å². The van der Waals surface area contributed by atoms with Crippen LogP contribution in [0, 0.1) is 0 Å². The predicted molar refractivity (Wildman–Crippen MR) is 79.4 cm³/mol. The van der Waals surface area contributed by atoms with Crippen molar-refractivity contribution in [1.29, 1.82) is 0 Å². The summed E-state index contributed by atoms with van der Waals surface area (Å²) < 4.78 is 8.23. The molecule has 6 heteroatoms. The summed E-state index contributed by atoms with van der Waals surface area (Å²) in [6.45, 7) is 1.05. The molecule has 0 N–H and O–H groups in total. The van der Waals surface area contributed by atoms with Gasteiger partial charge < -0.3 is 4.74 Å². The molecule has 2 aromatic rings. The summed E-state index contributed by atoms with van der Waals surface area (Å²) in [6.07, 6.45) is 1.63. The van der Waals surface area contributed by atoms with E-state index in [2.05, 4.69) is 37.0 Å². The molecule has 4 nitrogen and oxygen atoms in total. The van der Waals surface area contributed by atoms with Gasteiger partial charge in [0.15, 0.2) is 0 Å². The molecule has 0 saturated carbocycles. The van der Waals surface area contributed by atoms with Crippen molar-refractivity contribution in [2.75, 3.05) is 13.7 Å². The number of benzene rings is 1. The lowest BCUT2D eigenvalue weighted by Gasteiger charge is -2.07. The molecule has 0 radical (unpaired) electrons. The molecule has 0 atom stereocenters. The van der Waals surface area contributed by atoms with Crippen molar-refractivity contribution in [3.63, 3.8) is 0 Å². The Labute approximate surface area is 128 Å². The maximum atomic E-state index is 12.5. The SMILES string of the molecule is COCCn1ncc(Br)c1C(=O)c1cccc(Br)c1. The quantitative estimate of drug-likeness (QED) is 0.739. The Kier molecular flexibility index (Phi) is 4.90. The van der Waals surface area contributed by atoms with Gasteiger partial charge in [0.2, 0.25) is 5.78 Å². The van der Waals surface area contributed by atoms with E-state index >= 15 is 0 Å². The zero-order chi connectivity index (χ0) is 13.8. The van der Waals surface area contributed by atoms with Crippen molar-refractivity contribution in [2.24, 2.45) is 0 Å². The molecule has 2 rings (SSSR count). The van der Waals surface area contributed by atoms with Gasteiger partial charge in [0.1, 0.15) is 5.69 Å². The first-order valence-electron chi connectivity index (χ1n) is 5.64. The second-order valence-electron chi connectivity index (χ2n) is 3.90. The van der Waals surface area contributed by atoms with Crippen molar-refractivity contribution in [3.05, 3.63) is 50.7 Å². The Morgan fingerprint density at radius 2 is 2.21 bits per heavy atom. The molecule has 0 unspecified atom stereocenters. The van der Waals surface area contributed by atoms with Crippen LogP contribution in [0.25, 0.3) is 0 Å². The summed E-state index contributed by atoms with van der Waals surface area (Å²) in [7, 11) is 1.62. The average Bonchev–Trinajstić information content (AvgIpc) is 2.76. The third kappa shape index (κ3) is 3.32. The summed E-state index contributed by atoms with van der Waals surface area (Å²) in [6, 6.07) is 7.30. The maximum absolute atomic E-state index is 12.5. The average molecular weight is 388 g/mol. The minimum Gasteiger partial charge on any atom is -0.383 e. The Bertz CT molecular complexity index is 596. The Morgan fingerprint density at radius 1 is 1.42 bits per heavy atom. The third-order valence-corrected chi connectivity index (χ3v) is 3.68. The Hall–Kier alpha value is -0.980. The van der Waals surface area contributed by atoms with Crippen molar-refractivity contribution in [2.45, 2.75) is 6.54 Å². The van der Waals surface area contributed by atoms with Crippen LogP contribution in [-0.4, -0.2) is 29.3 Å². The molecule has 0 spiro atoms.